The molecule has 1 aromatic heterocycles. The number of nitrogens with zero attached hydrogens (tertiary/aromatic N) is 2. The highest BCUT2D eigenvalue weighted by molar-refractivity contribution is 5.90. The molecule has 0 fully saturated rings. The van der Waals surface area contributed by atoms with E-state index in [4.69, 9.17) is 5.73 Å². The molecule has 3 rings (SSSR count). The van der Waals surface area contributed by atoms with Gasteiger partial charge in [-0.05, 0) is 18.6 Å². The predicted octanol–water partition coefficient (Wildman–Crippen LogP) is 2.38. The van der Waals surface area contributed by atoms with E-state index in [9.17, 15) is 34.9 Å². The van der Waals surface area contributed by atoms with E-state index in [2.05, 4.69) is 15.6 Å². The van der Waals surface area contributed by atoms with E-state index in [1.165, 1.54) is 6.92 Å². The minimum absolute atomic E-state index is 0.0410. The molecule has 0 unspecified atom stereocenters. The molecule has 13 nitrogen and oxygen atoms in total. The van der Waals surface area contributed by atoms with Crippen LogP contribution in [0.15, 0.2) is 42.6 Å². The molecule has 33 heavy (non-hydrogen) atoms. The van der Waals surface area contributed by atoms with Gasteiger partial charge in [0.25, 0.3) is 5.69 Å². The highest BCUT2D eigenvalue weighted by Gasteiger charge is 2.29. The van der Waals surface area contributed by atoms with E-state index < -0.39 is 45.2 Å². The first-order valence-electron chi connectivity index (χ1n) is 9.65. The monoisotopic (exact) mass is 456 g/mol. The molecule has 0 aliphatic heterocycles. The van der Waals surface area contributed by atoms with Crippen molar-refractivity contribution in [3.63, 3.8) is 0 Å². The molecule has 2 aromatic carbocycles. The summed E-state index contributed by atoms with van der Waals surface area (Å²) < 4.78 is 0. The summed E-state index contributed by atoms with van der Waals surface area (Å²) in [5.74, 6) is -2.12. The number of nitro groups is 2. The minimum atomic E-state index is -1.31. The van der Waals surface area contributed by atoms with Crippen LogP contribution < -0.4 is 16.4 Å². The predicted molar refractivity (Wildman–Crippen MR) is 119 cm³/mol. The Kier molecular flexibility index (Phi) is 6.42. The van der Waals surface area contributed by atoms with Crippen molar-refractivity contribution in [3.8, 4) is 0 Å². The van der Waals surface area contributed by atoms with Gasteiger partial charge in [0.05, 0.1) is 21.6 Å². The number of anilines is 2. The van der Waals surface area contributed by atoms with Gasteiger partial charge in [0, 0.05) is 29.6 Å². The van der Waals surface area contributed by atoms with E-state index in [1.54, 1.807) is 18.3 Å². The van der Waals surface area contributed by atoms with Gasteiger partial charge in [-0.3, -0.25) is 25.0 Å². The third kappa shape index (κ3) is 4.98. The first-order chi connectivity index (χ1) is 15.6. The number of nitrogens with two attached hydrogens (primary N) is 1. The number of aromatic amines is 1. The fourth-order valence-corrected chi connectivity index (χ4v) is 3.32. The summed E-state index contributed by atoms with van der Waals surface area (Å²) >= 11 is 0. The number of para-hydroxylation sites is 1. The molecule has 0 saturated carbocycles. The lowest BCUT2D eigenvalue weighted by molar-refractivity contribution is -0.393. The second kappa shape index (κ2) is 9.21. The molecule has 3 aromatic rings. The number of aromatic nitrogens is 1. The number of primary amides is 1. The number of amides is 1. The third-order valence-electron chi connectivity index (χ3n) is 5.02. The number of nitrogens with one attached hydrogen (secondary N) is 3. The van der Waals surface area contributed by atoms with Gasteiger partial charge in [-0.2, -0.15) is 0 Å². The van der Waals surface area contributed by atoms with Crippen LogP contribution in [0.2, 0.25) is 0 Å². The summed E-state index contributed by atoms with van der Waals surface area (Å²) in [5.41, 5.74) is 4.83. The minimum Gasteiger partial charge on any atom is -0.480 e. The molecule has 0 saturated heterocycles. The van der Waals surface area contributed by atoms with Crippen LogP contribution in [0.1, 0.15) is 12.5 Å². The van der Waals surface area contributed by atoms with E-state index in [0.717, 1.165) is 23.0 Å². The number of non-ortho nitro benzene ring substituents is 1. The summed E-state index contributed by atoms with van der Waals surface area (Å²) in [4.78, 5) is 47.8. The molecule has 0 bridgehead atoms. The Morgan fingerprint density at radius 2 is 1.85 bits per heavy atom. The Morgan fingerprint density at radius 3 is 2.45 bits per heavy atom. The maximum Gasteiger partial charge on any atom is 0.326 e. The number of hydrogen-bond donors (Lipinski definition) is 5. The van der Waals surface area contributed by atoms with Crippen molar-refractivity contribution in [1.82, 2.24) is 4.98 Å². The molecule has 6 N–H and O–H groups in total. The van der Waals surface area contributed by atoms with Gasteiger partial charge in [-0.15, -0.1) is 0 Å². The van der Waals surface area contributed by atoms with Crippen LogP contribution in [-0.4, -0.2) is 43.9 Å². The number of hydrogen-bond acceptors (Lipinski definition) is 8. The van der Waals surface area contributed by atoms with Crippen LogP contribution in [0.3, 0.4) is 0 Å². The summed E-state index contributed by atoms with van der Waals surface area (Å²) in [6.45, 7) is 1.35. The molecular weight excluding hydrogens is 436 g/mol. The number of carboxylic acids is 1. The molecule has 172 valence electrons. The molecule has 0 spiro atoms. The van der Waals surface area contributed by atoms with Crippen molar-refractivity contribution in [2.45, 2.75) is 25.4 Å². The highest BCUT2D eigenvalue weighted by Crippen LogP contribution is 2.38. The number of carbonyl (C=O) groups excluding carboxylic acids is 1. The first-order valence-corrected chi connectivity index (χ1v) is 9.65. The molecule has 0 aliphatic carbocycles. The lowest BCUT2D eigenvalue weighted by Crippen LogP contribution is -2.34. The smallest absolute Gasteiger partial charge is 0.326 e. The van der Waals surface area contributed by atoms with Gasteiger partial charge >= 0.3 is 11.7 Å². The van der Waals surface area contributed by atoms with E-state index in [0.29, 0.717) is 5.56 Å². The third-order valence-corrected chi connectivity index (χ3v) is 5.02. The van der Waals surface area contributed by atoms with E-state index in [-0.39, 0.29) is 17.8 Å². The fourth-order valence-electron chi connectivity index (χ4n) is 3.32. The van der Waals surface area contributed by atoms with Crippen LogP contribution >= 0.6 is 0 Å². The largest absolute Gasteiger partial charge is 0.480 e. The van der Waals surface area contributed by atoms with Gasteiger partial charge < -0.3 is 26.5 Å². The standard InChI is InChI=1S/C20H20N6O7/c1-10(19(21)27)23-18-15(7-12(25(30)31)8-17(18)26(32)33)24-16(20(28)29)6-11-9-22-14-5-3-2-4-13(11)14/h2-5,7-10,16,22-24H,6H2,1H3,(H2,21,27)(H,28,29)/t10-,16+/m0/s1. The number of rotatable bonds is 10. The zero-order valence-electron chi connectivity index (χ0n) is 17.3. The SMILES string of the molecule is C[C@H](Nc1c(N[C@H](Cc2c[nH]c3ccccc23)C(=O)O)cc([N+](=O)[O-])cc1[N+](=O)[O-])C(N)=O. The van der Waals surface area contributed by atoms with Crippen molar-refractivity contribution < 1.29 is 24.5 Å². The van der Waals surface area contributed by atoms with E-state index >= 15 is 0 Å². The Labute approximate surface area is 185 Å². The second-order valence-corrected chi connectivity index (χ2v) is 7.27. The topological polar surface area (TPSA) is 207 Å². The Morgan fingerprint density at radius 1 is 1.15 bits per heavy atom. The molecule has 13 heteroatoms. The van der Waals surface area contributed by atoms with Crippen LogP contribution in [0.5, 0.6) is 0 Å². The number of carboxylic acid groups (broad SMARTS) is 1. The van der Waals surface area contributed by atoms with Crippen molar-refractivity contribution in [1.29, 1.82) is 0 Å². The number of aliphatic carboxylic acids is 1. The van der Waals surface area contributed by atoms with Gasteiger partial charge in [-0.1, -0.05) is 18.2 Å². The van der Waals surface area contributed by atoms with Gasteiger partial charge in [-0.25, -0.2) is 4.79 Å². The van der Waals surface area contributed by atoms with Crippen LogP contribution in [-0.2, 0) is 16.0 Å². The average Bonchev–Trinajstić information content (AvgIpc) is 3.16. The number of fused-ring (bicyclic) bond motifs is 1. The highest BCUT2D eigenvalue weighted by atomic mass is 16.6. The lowest BCUT2D eigenvalue weighted by atomic mass is 10.0. The molecule has 0 aliphatic rings. The molecule has 1 amide bonds. The Hall–Kier alpha value is -4.68. The maximum absolute atomic E-state index is 12.0. The first kappa shape index (κ1) is 23.0. The summed E-state index contributed by atoms with van der Waals surface area (Å²) in [5, 5.41) is 38.7. The van der Waals surface area contributed by atoms with E-state index in [1.807, 2.05) is 12.1 Å². The van der Waals surface area contributed by atoms with Gasteiger partial charge in [0.2, 0.25) is 5.91 Å². The van der Waals surface area contributed by atoms with Crippen LogP contribution in [0.25, 0.3) is 10.9 Å². The molecular formula is C20H20N6O7. The van der Waals surface area contributed by atoms with Crippen LogP contribution in [0, 0.1) is 20.2 Å². The Balaban J connectivity index is 2.07. The van der Waals surface area contributed by atoms with Crippen molar-refractivity contribution in [2.24, 2.45) is 5.73 Å². The Bertz CT molecular complexity index is 1250. The number of H-pyrrole nitrogens is 1. The van der Waals surface area contributed by atoms with Crippen LogP contribution in [0.4, 0.5) is 22.7 Å². The summed E-state index contributed by atoms with van der Waals surface area (Å²) in [6.07, 6.45) is 1.60. The van der Waals surface area contributed by atoms with Gasteiger partial charge in [0.1, 0.15) is 17.8 Å². The quantitative estimate of drug-likeness (QED) is 0.224. The summed E-state index contributed by atoms with van der Waals surface area (Å²) in [7, 11) is 0. The van der Waals surface area contributed by atoms with Crippen molar-refractivity contribution >= 4 is 45.5 Å². The molecule has 2 atom stereocenters. The molecule has 0 radical (unpaired) electrons. The maximum atomic E-state index is 12.0. The number of carbonyl (C=O) groups is 2. The van der Waals surface area contributed by atoms with Crippen molar-refractivity contribution in [3.05, 3.63) is 68.4 Å². The number of benzene rings is 2. The zero-order valence-corrected chi connectivity index (χ0v) is 17.3. The number of nitro benzene ring substituents is 2. The van der Waals surface area contributed by atoms with Gasteiger partial charge in [0.15, 0.2) is 0 Å². The fraction of sp³-hybridized carbons (Fsp3) is 0.200. The second-order valence-electron chi connectivity index (χ2n) is 7.27. The summed E-state index contributed by atoms with van der Waals surface area (Å²) in [6, 6.07) is 6.53. The average molecular weight is 456 g/mol. The molecule has 1 heterocycles. The zero-order chi connectivity index (χ0) is 24.3. The normalized spacial score (nSPS) is 12.6. The lowest BCUT2D eigenvalue weighted by Gasteiger charge is -2.20. The van der Waals surface area contributed by atoms with Crippen molar-refractivity contribution in [2.75, 3.05) is 10.6 Å².